The van der Waals surface area contributed by atoms with Crippen LogP contribution < -0.4 is 0 Å². The summed E-state index contributed by atoms with van der Waals surface area (Å²) in [7, 11) is 1.00. The van der Waals surface area contributed by atoms with Crippen molar-refractivity contribution in [3.63, 3.8) is 0 Å². The number of carbonyl (C=O) groups is 1. The summed E-state index contributed by atoms with van der Waals surface area (Å²) < 4.78 is 0. The number of rotatable bonds is 1. The number of benzene rings is 4. The van der Waals surface area contributed by atoms with E-state index in [0.29, 0.717) is 11.1 Å². The fourth-order valence-corrected chi connectivity index (χ4v) is 3.05. The van der Waals surface area contributed by atoms with Gasteiger partial charge in [-0.15, -0.1) is 0 Å². The third kappa shape index (κ3) is 10.5. The zero-order valence-corrected chi connectivity index (χ0v) is 22.5. The van der Waals surface area contributed by atoms with Crippen LogP contribution in [0, 0.1) is 0 Å². The Morgan fingerprint density at radius 2 is 0.853 bits per heavy atom. The maximum Gasteiger partial charge on any atom is 0.300 e. The fourth-order valence-electron chi connectivity index (χ4n) is 3.05. The Balaban J connectivity index is -0.000000214. The van der Waals surface area contributed by atoms with Crippen LogP contribution in [0.3, 0.4) is 0 Å². The van der Waals surface area contributed by atoms with Crippen LogP contribution in [0.1, 0.15) is 36.6 Å². The maximum atomic E-state index is 10.4. The molecule has 4 aromatic carbocycles. The van der Waals surface area contributed by atoms with Crippen molar-refractivity contribution in [2.24, 2.45) is 0 Å². The predicted octanol–water partition coefficient (Wildman–Crippen LogP) is 7.31. The van der Waals surface area contributed by atoms with Gasteiger partial charge in [0.1, 0.15) is 11.5 Å². The van der Waals surface area contributed by atoms with Crippen molar-refractivity contribution >= 4 is 27.5 Å². The number of hydrogen-bond donors (Lipinski definition) is 4. The standard InChI is InChI=1S/C20H14O2.C2H4O2.CH4O.4CH4.2Y/c21-17-11-9-13-5-1-3-7-15(13)19(17)20-16-8-4-2-6-14(16)10-12-18(20)22;1-2(3)4;1-2;;;;;;/h1-12,21-22H;1H3,(H,3,4);2H,1H3;4*1H4;;. The largest absolute Gasteiger partial charge is 0.507 e. The van der Waals surface area contributed by atoms with Crippen LogP contribution in [0.15, 0.2) is 72.8 Å². The molecule has 0 amide bonds. The average molecular weight is 620 g/mol. The second-order valence-electron chi connectivity index (χ2n) is 5.88. The van der Waals surface area contributed by atoms with Gasteiger partial charge in [-0.05, 0) is 33.7 Å². The van der Waals surface area contributed by atoms with E-state index in [1.807, 2.05) is 60.7 Å². The summed E-state index contributed by atoms with van der Waals surface area (Å²) in [4.78, 5) is 9.00. The molecular formula is C27H38O5Y2. The van der Waals surface area contributed by atoms with Gasteiger partial charge in [-0.1, -0.05) is 90.4 Å². The molecule has 0 fully saturated rings. The Hall–Kier alpha value is -1.36. The number of phenolic OH excluding ortho intramolecular Hbond substituents is 2. The Labute approximate surface area is 255 Å². The van der Waals surface area contributed by atoms with Crippen LogP contribution in [0.5, 0.6) is 11.5 Å². The van der Waals surface area contributed by atoms with Crippen molar-refractivity contribution in [1.29, 1.82) is 0 Å². The van der Waals surface area contributed by atoms with Crippen LogP contribution in [-0.2, 0) is 70.2 Å². The van der Waals surface area contributed by atoms with Crippen LogP contribution in [0.4, 0.5) is 0 Å². The van der Waals surface area contributed by atoms with Crippen molar-refractivity contribution in [3.8, 4) is 22.6 Å². The molecule has 0 aliphatic heterocycles. The SMILES string of the molecule is C.C.C.C.CC(=O)O.CO.Oc1ccc2ccccc2c1-c1c(O)ccc2ccccc12.[Y].[Y]. The first kappa shape index (κ1) is 42.8. The molecule has 5 nitrogen and oxygen atoms in total. The third-order valence-corrected chi connectivity index (χ3v) is 4.06. The maximum absolute atomic E-state index is 10.4. The van der Waals surface area contributed by atoms with Gasteiger partial charge in [-0.3, -0.25) is 4.79 Å². The van der Waals surface area contributed by atoms with Crippen molar-refractivity contribution < 1.29 is 90.6 Å². The quantitative estimate of drug-likeness (QED) is 0.179. The summed E-state index contributed by atoms with van der Waals surface area (Å²) in [6, 6.07) is 22.9. The number of hydrogen-bond acceptors (Lipinski definition) is 4. The van der Waals surface area contributed by atoms with Gasteiger partial charge in [0.05, 0.1) is 0 Å². The summed E-state index contributed by atoms with van der Waals surface area (Å²) in [5.41, 5.74) is 1.35. The Morgan fingerprint density at radius 3 is 1.15 bits per heavy atom. The molecule has 4 aromatic rings. The molecule has 0 bridgehead atoms. The topological polar surface area (TPSA) is 98.0 Å². The molecule has 4 rings (SSSR count). The van der Waals surface area contributed by atoms with Gasteiger partial charge in [-0.2, -0.15) is 0 Å². The van der Waals surface area contributed by atoms with E-state index in [2.05, 4.69) is 0 Å². The van der Waals surface area contributed by atoms with Crippen LogP contribution in [0.2, 0.25) is 0 Å². The van der Waals surface area contributed by atoms with Crippen molar-refractivity contribution in [2.45, 2.75) is 36.6 Å². The minimum absolute atomic E-state index is 0. The van der Waals surface area contributed by atoms with Crippen LogP contribution >= 0.6 is 0 Å². The normalized spacial score (nSPS) is 8.09. The first-order chi connectivity index (χ1) is 13.5. The summed E-state index contributed by atoms with van der Waals surface area (Å²) in [5, 5.41) is 39.2. The van der Waals surface area contributed by atoms with E-state index in [9.17, 15) is 10.2 Å². The molecule has 182 valence electrons. The van der Waals surface area contributed by atoms with Crippen LogP contribution in [0.25, 0.3) is 32.7 Å². The Bertz CT molecular complexity index is 1030. The molecule has 0 saturated heterocycles. The second kappa shape index (κ2) is 21.0. The van der Waals surface area contributed by atoms with E-state index in [4.69, 9.17) is 15.0 Å². The predicted molar refractivity (Wildman–Crippen MR) is 139 cm³/mol. The van der Waals surface area contributed by atoms with Crippen molar-refractivity contribution in [3.05, 3.63) is 72.8 Å². The number of fused-ring (bicyclic) bond motifs is 2. The monoisotopic (exact) mass is 620 g/mol. The number of aliphatic hydroxyl groups excluding tert-OH is 1. The molecule has 0 spiro atoms. The molecule has 0 saturated carbocycles. The number of aliphatic carboxylic acids is 1. The van der Waals surface area contributed by atoms with Crippen LogP contribution in [-0.4, -0.2) is 33.5 Å². The number of carboxylic acid groups (broad SMARTS) is 1. The van der Waals surface area contributed by atoms with E-state index < -0.39 is 5.97 Å². The number of aromatic hydroxyl groups is 2. The molecule has 0 atom stereocenters. The summed E-state index contributed by atoms with van der Waals surface area (Å²) in [6.45, 7) is 1.08. The summed E-state index contributed by atoms with van der Waals surface area (Å²) >= 11 is 0. The van der Waals surface area contributed by atoms with Gasteiger partial charge < -0.3 is 20.4 Å². The first-order valence-electron chi connectivity index (χ1n) is 8.55. The molecule has 7 heteroatoms. The summed E-state index contributed by atoms with van der Waals surface area (Å²) in [6.07, 6.45) is 0. The molecule has 0 heterocycles. The average Bonchev–Trinajstić information content (AvgIpc) is 2.70. The van der Waals surface area contributed by atoms with E-state index in [1.165, 1.54) is 0 Å². The zero-order chi connectivity index (χ0) is 20.7. The summed E-state index contributed by atoms with van der Waals surface area (Å²) in [5.74, 6) is -0.490. The number of phenols is 2. The van der Waals surface area contributed by atoms with Crippen molar-refractivity contribution in [2.75, 3.05) is 7.11 Å². The molecule has 0 aliphatic rings. The Morgan fingerprint density at radius 1 is 0.588 bits per heavy atom. The molecule has 0 aliphatic carbocycles. The Kier molecular flexibility index (Phi) is 26.4. The minimum Gasteiger partial charge on any atom is -0.507 e. The van der Waals surface area contributed by atoms with E-state index in [1.54, 1.807) is 12.1 Å². The van der Waals surface area contributed by atoms with Gasteiger partial charge in [0.25, 0.3) is 5.97 Å². The van der Waals surface area contributed by atoms with Gasteiger partial charge in [0.15, 0.2) is 0 Å². The smallest absolute Gasteiger partial charge is 0.300 e. The number of carboxylic acids is 1. The van der Waals surface area contributed by atoms with E-state index in [0.717, 1.165) is 35.6 Å². The fraction of sp³-hybridized carbons (Fsp3) is 0.222. The molecule has 34 heavy (non-hydrogen) atoms. The minimum atomic E-state index is -0.833. The van der Waals surface area contributed by atoms with Crippen molar-refractivity contribution in [1.82, 2.24) is 0 Å². The van der Waals surface area contributed by atoms with Gasteiger partial charge >= 0.3 is 0 Å². The van der Waals surface area contributed by atoms with Gasteiger partial charge in [-0.25, -0.2) is 0 Å². The molecule has 0 aromatic heterocycles. The molecule has 0 unspecified atom stereocenters. The van der Waals surface area contributed by atoms with Gasteiger partial charge in [0, 0.05) is 90.6 Å². The molecule has 2 radical (unpaired) electrons. The van der Waals surface area contributed by atoms with E-state index in [-0.39, 0.29) is 107 Å². The van der Waals surface area contributed by atoms with Gasteiger partial charge in [0.2, 0.25) is 0 Å². The zero-order valence-electron chi connectivity index (χ0n) is 16.8. The van der Waals surface area contributed by atoms with E-state index >= 15 is 0 Å². The third-order valence-electron chi connectivity index (χ3n) is 4.06. The first-order valence-corrected chi connectivity index (χ1v) is 8.55. The number of aliphatic hydroxyl groups is 1. The molecular weight excluding hydrogens is 582 g/mol. The molecule has 4 N–H and O–H groups in total. The second-order valence-corrected chi connectivity index (χ2v) is 5.88.